The van der Waals surface area contributed by atoms with Crippen molar-refractivity contribution in [1.29, 1.82) is 0 Å². The summed E-state index contributed by atoms with van der Waals surface area (Å²) in [6.45, 7) is 9.20. The van der Waals surface area contributed by atoms with Crippen LogP contribution in [-0.4, -0.2) is 37.0 Å². The average molecular weight is 604 g/mol. The molecule has 6 nitrogen and oxygen atoms in total. The Bertz CT molecular complexity index is 965. The predicted molar refractivity (Wildman–Crippen MR) is 103 cm³/mol. The van der Waals surface area contributed by atoms with Gasteiger partial charge in [-0.05, 0) is 0 Å². The molecule has 2 aliphatic rings. The minimum atomic E-state index is -6.09. The summed E-state index contributed by atoms with van der Waals surface area (Å²) in [5, 5.41) is 0. The molecule has 0 spiro atoms. The van der Waals surface area contributed by atoms with Crippen LogP contribution in [0.2, 0.25) is 0 Å². The van der Waals surface area contributed by atoms with Crippen molar-refractivity contribution in [1.82, 2.24) is 0 Å². The van der Waals surface area contributed by atoms with Crippen LogP contribution in [0.25, 0.3) is 0 Å². The van der Waals surface area contributed by atoms with Crippen molar-refractivity contribution in [3.8, 4) is 0 Å². The van der Waals surface area contributed by atoms with Crippen LogP contribution in [0.4, 0.5) is 26.3 Å². The third kappa shape index (κ3) is 10.2. The predicted octanol–water partition coefficient (Wildman–Crippen LogP) is 5.20. The van der Waals surface area contributed by atoms with Crippen LogP contribution in [0.15, 0.2) is 41.0 Å². The molecule has 33 heavy (non-hydrogen) atoms. The van der Waals surface area contributed by atoms with E-state index in [1.54, 1.807) is 22.3 Å². The monoisotopic (exact) mass is 602 g/mol. The summed E-state index contributed by atoms with van der Waals surface area (Å²) in [6.07, 6.45) is 9.88. The quantitative estimate of drug-likeness (QED) is 0.248. The molecule has 0 aromatic rings. The Kier molecular flexibility index (Phi) is 12.0. The number of alkyl halides is 6. The fourth-order valence-electron chi connectivity index (χ4n) is 2.90. The van der Waals surface area contributed by atoms with E-state index in [0.29, 0.717) is 0 Å². The van der Waals surface area contributed by atoms with Gasteiger partial charge in [0.2, 0.25) is 0 Å². The van der Waals surface area contributed by atoms with Crippen molar-refractivity contribution >= 4 is 20.2 Å². The molecule has 15 heteroatoms. The second-order valence-corrected chi connectivity index (χ2v) is 13.1. The van der Waals surface area contributed by atoms with Crippen LogP contribution in [0, 0.1) is 0 Å². The van der Waals surface area contributed by atoms with Crippen LogP contribution < -0.4 is 0 Å². The van der Waals surface area contributed by atoms with Crippen molar-refractivity contribution in [2.45, 2.75) is 64.4 Å². The number of allylic oxidation sites excluding steroid dienone is 8. The summed E-state index contributed by atoms with van der Waals surface area (Å²) in [7, 11) is -12.2. The normalized spacial score (nSPS) is 17.0. The van der Waals surface area contributed by atoms with E-state index in [-0.39, 0.29) is 0 Å². The van der Waals surface area contributed by atoms with Gasteiger partial charge in [-0.2, -0.15) is 26.3 Å². The summed E-state index contributed by atoms with van der Waals surface area (Å²) < 4.78 is 121. The number of rotatable bonds is 4. The SMILES string of the molecule is CCC1=[C]([Zr+2][C]2=C(CC)C(C)=CC2)CC=C1C.O=S(=O)([O-])C(F)(F)F.O=S(=O)([O-])C(F)(F)F. The smallest absolute Gasteiger partial charge is 0.485 e. The minimum absolute atomic E-state index is 0.470. The molecule has 0 N–H and O–H groups in total. The van der Waals surface area contributed by atoms with Gasteiger partial charge in [-0.25, -0.2) is 16.8 Å². The van der Waals surface area contributed by atoms with Gasteiger partial charge in [0, 0.05) is 0 Å². The van der Waals surface area contributed by atoms with Crippen LogP contribution in [0.3, 0.4) is 0 Å². The number of hydrogen-bond acceptors (Lipinski definition) is 6. The third-order valence-electron chi connectivity index (χ3n) is 4.48. The molecule has 0 aromatic heterocycles. The first kappa shape index (κ1) is 32.2. The first-order chi connectivity index (χ1) is 14.7. The van der Waals surface area contributed by atoms with Gasteiger partial charge in [-0.15, -0.1) is 0 Å². The summed E-state index contributed by atoms with van der Waals surface area (Å²) in [6, 6.07) is 0. The molecular formula is C18H22F6O6S2Zr. The van der Waals surface area contributed by atoms with E-state index in [1.807, 2.05) is 6.56 Å². The second kappa shape index (κ2) is 12.3. The Morgan fingerprint density at radius 2 is 1.00 bits per heavy atom. The summed E-state index contributed by atoms with van der Waals surface area (Å²) in [5.74, 6) is 0. The summed E-state index contributed by atoms with van der Waals surface area (Å²) in [4.78, 5) is 0. The van der Waals surface area contributed by atoms with Crippen molar-refractivity contribution in [2.24, 2.45) is 0 Å². The van der Waals surface area contributed by atoms with Crippen molar-refractivity contribution in [3.63, 3.8) is 0 Å². The molecule has 0 radical (unpaired) electrons. The van der Waals surface area contributed by atoms with E-state index in [4.69, 9.17) is 25.9 Å². The van der Waals surface area contributed by atoms with Crippen LogP contribution >= 0.6 is 0 Å². The van der Waals surface area contributed by atoms with E-state index in [1.165, 1.54) is 25.7 Å². The van der Waals surface area contributed by atoms with E-state index in [9.17, 15) is 26.3 Å². The molecule has 0 amide bonds. The Morgan fingerprint density at radius 3 is 1.18 bits per heavy atom. The Labute approximate surface area is 200 Å². The summed E-state index contributed by atoms with van der Waals surface area (Å²) >= 11 is -0.470. The molecule has 188 valence electrons. The minimum Gasteiger partial charge on any atom is -0.741 e. The zero-order valence-electron chi connectivity index (χ0n) is 18.0. The molecule has 0 heterocycles. The molecule has 0 unspecified atom stereocenters. The molecule has 0 bridgehead atoms. The van der Waals surface area contributed by atoms with E-state index in [0.717, 1.165) is 0 Å². The van der Waals surface area contributed by atoms with Gasteiger partial charge in [0.25, 0.3) is 0 Å². The molecule has 2 aliphatic carbocycles. The van der Waals surface area contributed by atoms with Crippen molar-refractivity contribution < 1.29 is 75.5 Å². The first-order valence-corrected chi connectivity index (χ1v) is 14.5. The topological polar surface area (TPSA) is 114 Å². The zero-order valence-corrected chi connectivity index (χ0v) is 22.1. The molecule has 0 saturated carbocycles. The first-order valence-electron chi connectivity index (χ1n) is 9.26. The molecule has 0 aromatic carbocycles. The average Bonchev–Trinajstić information content (AvgIpc) is 3.14. The van der Waals surface area contributed by atoms with Crippen molar-refractivity contribution in [2.75, 3.05) is 0 Å². The maximum absolute atomic E-state index is 10.7. The molecular weight excluding hydrogens is 582 g/mol. The Hall–Kier alpha value is -0.757. The Balaban J connectivity index is 0.000000539. The van der Waals surface area contributed by atoms with E-state index >= 15 is 0 Å². The van der Waals surface area contributed by atoms with E-state index in [2.05, 4.69) is 39.8 Å². The fraction of sp³-hybridized carbons (Fsp3) is 0.556. The third-order valence-corrected chi connectivity index (χ3v) is 9.59. The largest absolute Gasteiger partial charge is 0.741 e. The van der Waals surface area contributed by atoms with Gasteiger partial charge in [0.1, 0.15) is 0 Å². The molecule has 0 aliphatic heterocycles. The second-order valence-electron chi connectivity index (χ2n) is 6.73. The summed E-state index contributed by atoms with van der Waals surface area (Å²) in [5.41, 5.74) is -4.78. The van der Waals surface area contributed by atoms with Gasteiger partial charge in [0.15, 0.2) is 20.2 Å². The van der Waals surface area contributed by atoms with Crippen LogP contribution in [-0.2, 0) is 43.5 Å². The molecule has 0 atom stereocenters. The standard InChI is InChI=1S/2C8H11.2CHF3O3S.Zr/c2*1-3-8-6-4-5-7(8)2;2*2-1(3,4)8(5,6)7;/h2*5H,3-4H2,1-2H3;2*(H,5,6,7);/q;;;;+2/p-2. The van der Waals surface area contributed by atoms with E-state index < -0.39 is 54.5 Å². The van der Waals surface area contributed by atoms with Crippen LogP contribution in [0.1, 0.15) is 53.4 Å². The number of hydrogen-bond donors (Lipinski definition) is 0. The number of halogens is 6. The van der Waals surface area contributed by atoms with Gasteiger partial charge < -0.3 is 9.11 Å². The van der Waals surface area contributed by atoms with Gasteiger partial charge in [0.05, 0.1) is 0 Å². The fourth-order valence-corrected chi connectivity index (χ4v) is 7.38. The maximum atomic E-state index is 10.7. The molecule has 0 fully saturated rings. The molecule has 2 rings (SSSR count). The van der Waals surface area contributed by atoms with Crippen LogP contribution in [0.5, 0.6) is 0 Å². The van der Waals surface area contributed by atoms with Gasteiger partial charge in [-0.3, -0.25) is 0 Å². The van der Waals surface area contributed by atoms with Gasteiger partial charge in [-0.1, -0.05) is 0 Å². The molecule has 0 saturated heterocycles. The van der Waals surface area contributed by atoms with Crippen molar-refractivity contribution in [3.05, 3.63) is 41.0 Å². The van der Waals surface area contributed by atoms with Gasteiger partial charge >= 0.3 is 129 Å². The zero-order chi connectivity index (χ0) is 26.4. The maximum Gasteiger partial charge on any atom is 0.485 e. The Morgan fingerprint density at radius 1 is 0.758 bits per heavy atom.